The van der Waals surface area contributed by atoms with Crippen LogP contribution >= 0.6 is 0 Å². The second-order valence-corrected chi connectivity index (χ2v) is 2.41. The van der Waals surface area contributed by atoms with Crippen molar-refractivity contribution in [2.45, 2.75) is 6.54 Å². The van der Waals surface area contributed by atoms with Crippen molar-refractivity contribution in [3.63, 3.8) is 0 Å². The van der Waals surface area contributed by atoms with E-state index >= 15 is 0 Å². The van der Waals surface area contributed by atoms with E-state index in [0.717, 1.165) is 19.0 Å². The molecule has 1 aliphatic rings. The first-order valence-corrected chi connectivity index (χ1v) is 3.38. The molecule has 58 valence electrons. The normalized spacial score (nSPS) is 14.2. The lowest BCUT2D eigenvalue weighted by molar-refractivity contribution is 0.0992. The first-order chi connectivity index (χ1) is 5.29. The topological polar surface area (TPSA) is 72.9 Å². The number of nitrogens with two attached hydrogens (primary N) is 1. The van der Waals surface area contributed by atoms with Crippen molar-refractivity contribution in [3.8, 4) is 0 Å². The average Bonchev–Trinajstić information content (AvgIpc) is 2.41. The van der Waals surface area contributed by atoms with Gasteiger partial charge in [0.1, 0.15) is 5.69 Å². The van der Waals surface area contributed by atoms with Crippen molar-refractivity contribution in [2.75, 3.05) is 11.9 Å². The molecular weight excluding hydrogens is 144 g/mol. The highest BCUT2D eigenvalue weighted by molar-refractivity contribution is 5.91. The molecule has 0 saturated heterocycles. The minimum atomic E-state index is -0.424. The van der Waals surface area contributed by atoms with Crippen LogP contribution in [0, 0.1) is 0 Å². The number of hydrogen-bond acceptors (Lipinski definition) is 3. The Morgan fingerprint density at radius 2 is 2.64 bits per heavy atom. The van der Waals surface area contributed by atoms with Crippen LogP contribution in [-0.4, -0.2) is 22.0 Å². The molecule has 5 nitrogen and oxygen atoms in total. The third kappa shape index (κ3) is 0.772. The summed E-state index contributed by atoms with van der Waals surface area (Å²) in [4.78, 5) is 14.7. The number of carbonyl (C=O) groups is 1. The van der Waals surface area contributed by atoms with Gasteiger partial charge in [0, 0.05) is 13.1 Å². The van der Waals surface area contributed by atoms with Gasteiger partial charge in [0.15, 0.2) is 0 Å². The Morgan fingerprint density at radius 3 is 3.36 bits per heavy atom. The van der Waals surface area contributed by atoms with E-state index in [4.69, 9.17) is 5.73 Å². The van der Waals surface area contributed by atoms with Gasteiger partial charge in [0.05, 0.1) is 6.20 Å². The maximum absolute atomic E-state index is 10.8. The number of aromatic nitrogens is 2. The number of carbonyl (C=O) groups excluding carboxylic acids is 1. The van der Waals surface area contributed by atoms with E-state index in [0.29, 0.717) is 5.69 Å². The van der Waals surface area contributed by atoms with Gasteiger partial charge < -0.3 is 15.6 Å². The number of rotatable bonds is 1. The zero-order valence-electron chi connectivity index (χ0n) is 5.87. The highest BCUT2D eigenvalue weighted by Crippen LogP contribution is 2.14. The number of fused-ring (bicyclic) bond motifs is 1. The standard InChI is InChI=1S/C6H8N4O/c7-5(11)4-3-9-6-8-1-2-10(4)6/h3H,1-2H2,(H2,7,11)(H,8,9). The summed E-state index contributed by atoms with van der Waals surface area (Å²) in [6.07, 6.45) is 1.49. The van der Waals surface area contributed by atoms with Gasteiger partial charge in [0.25, 0.3) is 5.91 Å². The van der Waals surface area contributed by atoms with Gasteiger partial charge in [-0.25, -0.2) is 4.98 Å². The van der Waals surface area contributed by atoms with E-state index in [1.54, 1.807) is 4.57 Å². The smallest absolute Gasteiger partial charge is 0.267 e. The Hall–Kier alpha value is -1.52. The molecule has 0 fully saturated rings. The number of hydrogen-bond donors (Lipinski definition) is 2. The van der Waals surface area contributed by atoms with Gasteiger partial charge >= 0.3 is 0 Å². The second-order valence-electron chi connectivity index (χ2n) is 2.41. The summed E-state index contributed by atoms with van der Waals surface area (Å²) in [5.74, 6) is 0.311. The third-order valence-corrected chi connectivity index (χ3v) is 1.73. The lowest BCUT2D eigenvalue weighted by Crippen LogP contribution is -2.15. The van der Waals surface area contributed by atoms with Crippen molar-refractivity contribution in [1.29, 1.82) is 0 Å². The van der Waals surface area contributed by atoms with E-state index in [2.05, 4.69) is 10.3 Å². The van der Waals surface area contributed by atoms with E-state index in [9.17, 15) is 4.79 Å². The largest absolute Gasteiger partial charge is 0.364 e. The van der Waals surface area contributed by atoms with Crippen LogP contribution in [-0.2, 0) is 6.54 Å². The molecule has 0 spiro atoms. The van der Waals surface area contributed by atoms with Crippen LogP contribution in [0.25, 0.3) is 0 Å². The van der Waals surface area contributed by atoms with Crippen molar-refractivity contribution in [2.24, 2.45) is 5.73 Å². The second kappa shape index (κ2) is 1.98. The van der Waals surface area contributed by atoms with Crippen LogP contribution < -0.4 is 11.1 Å². The van der Waals surface area contributed by atoms with Crippen LogP contribution in [0.1, 0.15) is 10.5 Å². The van der Waals surface area contributed by atoms with Crippen LogP contribution in [0.4, 0.5) is 5.95 Å². The molecular formula is C6H8N4O. The molecule has 11 heavy (non-hydrogen) atoms. The summed E-state index contributed by atoms with van der Waals surface area (Å²) in [7, 11) is 0. The lowest BCUT2D eigenvalue weighted by atomic mass is 10.4. The molecule has 1 aliphatic heterocycles. The molecule has 0 atom stereocenters. The average molecular weight is 152 g/mol. The molecule has 0 bridgehead atoms. The first-order valence-electron chi connectivity index (χ1n) is 3.38. The fourth-order valence-electron chi connectivity index (χ4n) is 1.22. The monoisotopic (exact) mass is 152 g/mol. The van der Waals surface area contributed by atoms with Crippen molar-refractivity contribution in [3.05, 3.63) is 11.9 Å². The van der Waals surface area contributed by atoms with Gasteiger partial charge in [-0.05, 0) is 0 Å². The Labute approximate surface area is 63.2 Å². The predicted molar refractivity (Wildman–Crippen MR) is 39.2 cm³/mol. The van der Waals surface area contributed by atoms with E-state index in [1.165, 1.54) is 6.20 Å². The Morgan fingerprint density at radius 1 is 1.82 bits per heavy atom. The number of nitrogens with one attached hydrogen (secondary N) is 1. The molecule has 5 heteroatoms. The van der Waals surface area contributed by atoms with Crippen molar-refractivity contribution < 1.29 is 4.79 Å². The molecule has 1 amide bonds. The SMILES string of the molecule is NC(=O)c1cnc2n1CCN2. The molecule has 2 rings (SSSR count). The molecule has 3 N–H and O–H groups in total. The van der Waals surface area contributed by atoms with Crippen LogP contribution in [0.5, 0.6) is 0 Å². The summed E-state index contributed by atoms with van der Waals surface area (Å²) in [5, 5.41) is 3.02. The van der Waals surface area contributed by atoms with Gasteiger partial charge in [-0.2, -0.15) is 0 Å². The van der Waals surface area contributed by atoms with Crippen LogP contribution in [0.2, 0.25) is 0 Å². The molecule has 1 aromatic heterocycles. The highest BCUT2D eigenvalue weighted by atomic mass is 16.1. The van der Waals surface area contributed by atoms with Gasteiger partial charge in [-0.15, -0.1) is 0 Å². The van der Waals surface area contributed by atoms with Gasteiger partial charge in [-0.1, -0.05) is 0 Å². The summed E-state index contributed by atoms with van der Waals surface area (Å²) >= 11 is 0. The number of primary amides is 1. The Bertz CT molecular complexity index is 304. The quantitative estimate of drug-likeness (QED) is 0.564. The highest BCUT2D eigenvalue weighted by Gasteiger charge is 2.17. The number of anilines is 1. The fourth-order valence-corrected chi connectivity index (χ4v) is 1.22. The minimum Gasteiger partial charge on any atom is -0.364 e. The zero-order chi connectivity index (χ0) is 7.84. The zero-order valence-corrected chi connectivity index (χ0v) is 5.87. The molecule has 0 aromatic carbocycles. The van der Waals surface area contributed by atoms with Crippen LogP contribution in [0.3, 0.4) is 0 Å². The number of nitrogens with zero attached hydrogens (tertiary/aromatic N) is 2. The lowest BCUT2D eigenvalue weighted by Gasteiger charge is -1.96. The third-order valence-electron chi connectivity index (χ3n) is 1.73. The van der Waals surface area contributed by atoms with Gasteiger partial charge in [0.2, 0.25) is 5.95 Å². The van der Waals surface area contributed by atoms with Crippen molar-refractivity contribution >= 4 is 11.9 Å². The first kappa shape index (κ1) is 6.21. The Kier molecular flexibility index (Phi) is 1.12. The number of imidazole rings is 1. The molecule has 1 aromatic rings. The molecule has 0 unspecified atom stereocenters. The molecule has 2 heterocycles. The maximum atomic E-state index is 10.8. The summed E-state index contributed by atoms with van der Waals surface area (Å²) in [6.45, 7) is 1.59. The summed E-state index contributed by atoms with van der Waals surface area (Å²) in [5.41, 5.74) is 5.58. The van der Waals surface area contributed by atoms with E-state index in [-0.39, 0.29) is 0 Å². The van der Waals surface area contributed by atoms with Crippen molar-refractivity contribution in [1.82, 2.24) is 9.55 Å². The van der Waals surface area contributed by atoms with E-state index in [1.807, 2.05) is 0 Å². The fraction of sp³-hybridized carbons (Fsp3) is 0.333. The molecule has 0 aliphatic carbocycles. The van der Waals surface area contributed by atoms with E-state index < -0.39 is 5.91 Å². The maximum Gasteiger partial charge on any atom is 0.267 e. The molecule has 0 radical (unpaired) electrons. The minimum absolute atomic E-state index is 0.424. The molecule has 0 saturated carbocycles. The summed E-state index contributed by atoms with van der Waals surface area (Å²) in [6, 6.07) is 0. The summed E-state index contributed by atoms with van der Waals surface area (Å²) < 4.78 is 1.78. The number of amides is 1. The predicted octanol–water partition coefficient (Wildman–Crippen LogP) is -0.593. The Balaban J connectivity index is 2.50. The van der Waals surface area contributed by atoms with Crippen LogP contribution in [0.15, 0.2) is 6.20 Å². The van der Waals surface area contributed by atoms with Gasteiger partial charge in [-0.3, -0.25) is 4.79 Å².